The minimum absolute atomic E-state index is 0.318. The van der Waals surface area contributed by atoms with E-state index in [1.54, 1.807) is 6.07 Å². The average Bonchev–Trinajstić information content (AvgIpc) is 2.53. The minimum Gasteiger partial charge on any atom is -0.351 e. The van der Waals surface area contributed by atoms with E-state index in [0.29, 0.717) is 12.2 Å². The maximum absolute atomic E-state index is 13.2. The number of hydrogen-bond acceptors (Lipinski definition) is 2. The summed E-state index contributed by atoms with van der Waals surface area (Å²) in [6.07, 6.45) is 0. The van der Waals surface area contributed by atoms with Gasteiger partial charge in [0.05, 0.1) is 0 Å². The van der Waals surface area contributed by atoms with Gasteiger partial charge in [0.25, 0.3) is 0 Å². The van der Waals surface area contributed by atoms with E-state index in [1.165, 1.54) is 32.0 Å². The second kappa shape index (κ2) is 7.05. The summed E-state index contributed by atoms with van der Waals surface area (Å²) in [6.45, 7) is 3.40. The summed E-state index contributed by atoms with van der Waals surface area (Å²) >= 11 is 0. The third kappa shape index (κ3) is 4.39. The van der Waals surface area contributed by atoms with Crippen LogP contribution in [0.1, 0.15) is 19.4 Å². The Morgan fingerprint density at radius 3 is 2.35 bits per heavy atom. The van der Waals surface area contributed by atoms with Crippen LogP contribution in [0.15, 0.2) is 54.6 Å². The molecule has 0 aromatic heterocycles. The van der Waals surface area contributed by atoms with Gasteiger partial charge < -0.3 is 10.6 Å². The summed E-state index contributed by atoms with van der Waals surface area (Å²) in [5.41, 5.74) is -0.0118. The second-order valence-electron chi connectivity index (χ2n) is 5.76. The smallest absolute Gasteiger partial charge is 0.239 e. The van der Waals surface area contributed by atoms with E-state index in [0.717, 1.165) is 5.56 Å². The van der Waals surface area contributed by atoms with Gasteiger partial charge in [0, 0.05) is 12.2 Å². The van der Waals surface area contributed by atoms with Crippen LogP contribution in [-0.2, 0) is 16.1 Å². The lowest BCUT2D eigenvalue weighted by atomic mass is 9.90. The molecule has 0 aliphatic heterocycles. The number of carbonyl (C=O) groups excluding carboxylic acids is 2. The van der Waals surface area contributed by atoms with Gasteiger partial charge in [0.1, 0.15) is 11.2 Å². The molecule has 0 aliphatic carbocycles. The van der Waals surface area contributed by atoms with Gasteiger partial charge in [-0.3, -0.25) is 9.59 Å². The molecule has 2 N–H and O–H groups in total. The molecule has 2 amide bonds. The van der Waals surface area contributed by atoms with Crippen molar-refractivity contribution >= 4 is 17.5 Å². The van der Waals surface area contributed by atoms with E-state index in [1.807, 2.05) is 30.3 Å². The highest BCUT2D eigenvalue weighted by Crippen LogP contribution is 2.19. The van der Waals surface area contributed by atoms with Crippen molar-refractivity contribution in [1.82, 2.24) is 5.32 Å². The first-order chi connectivity index (χ1) is 10.9. The molecule has 0 aliphatic rings. The Balaban J connectivity index is 1.98. The highest BCUT2D eigenvalue weighted by atomic mass is 19.1. The number of halogens is 1. The van der Waals surface area contributed by atoms with Gasteiger partial charge in [-0.2, -0.15) is 0 Å². The molecule has 23 heavy (non-hydrogen) atoms. The summed E-state index contributed by atoms with van der Waals surface area (Å²) in [6, 6.07) is 15.0. The molecule has 0 spiro atoms. The molecule has 0 unspecified atom stereocenters. The maximum atomic E-state index is 13.2. The third-order valence-electron chi connectivity index (χ3n) is 3.51. The predicted molar refractivity (Wildman–Crippen MR) is 87.1 cm³/mol. The van der Waals surface area contributed by atoms with Gasteiger partial charge in [-0.25, -0.2) is 4.39 Å². The first-order valence-electron chi connectivity index (χ1n) is 7.29. The quantitative estimate of drug-likeness (QED) is 0.833. The zero-order chi connectivity index (χ0) is 16.9. The summed E-state index contributed by atoms with van der Waals surface area (Å²) in [7, 11) is 0. The molecule has 4 nitrogen and oxygen atoms in total. The van der Waals surface area contributed by atoms with Gasteiger partial charge in [-0.1, -0.05) is 36.4 Å². The van der Waals surface area contributed by atoms with Gasteiger partial charge in [-0.05, 0) is 37.6 Å². The first-order valence-corrected chi connectivity index (χ1v) is 7.29. The molecule has 0 saturated carbocycles. The predicted octanol–water partition coefficient (Wildman–Crippen LogP) is 3.11. The number of amides is 2. The number of anilines is 1. The normalized spacial score (nSPS) is 10.9. The van der Waals surface area contributed by atoms with Crippen LogP contribution in [0.3, 0.4) is 0 Å². The lowest BCUT2D eigenvalue weighted by molar-refractivity contribution is -0.138. The molecule has 5 heteroatoms. The van der Waals surface area contributed by atoms with Gasteiger partial charge in [0.2, 0.25) is 11.8 Å². The van der Waals surface area contributed by atoms with Gasteiger partial charge in [-0.15, -0.1) is 0 Å². The molecule has 0 fully saturated rings. The van der Waals surface area contributed by atoms with Crippen LogP contribution in [0.4, 0.5) is 10.1 Å². The standard InChI is InChI=1S/C18H19FN2O2/c1-18(2,16(22)20-12-13-7-4-3-5-8-13)17(23)21-15-10-6-9-14(19)11-15/h3-11H,12H2,1-2H3,(H,20,22)(H,21,23). The van der Waals surface area contributed by atoms with Crippen molar-refractivity contribution in [3.05, 3.63) is 66.0 Å². The monoisotopic (exact) mass is 314 g/mol. The van der Waals surface area contributed by atoms with Crippen molar-refractivity contribution in [3.63, 3.8) is 0 Å². The van der Waals surface area contributed by atoms with Crippen LogP contribution in [0.5, 0.6) is 0 Å². The Bertz CT molecular complexity index is 699. The maximum Gasteiger partial charge on any atom is 0.239 e. The highest BCUT2D eigenvalue weighted by Gasteiger charge is 2.35. The van der Waals surface area contributed by atoms with E-state index in [2.05, 4.69) is 10.6 Å². The van der Waals surface area contributed by atoms with Crippen LogP contribution in [0.25, 0.3) is 0 Å². The van der Waals surface area contributed by atoms with Crippen molar-refractivity contribution in [2.45, 2.75) is 20.4 Å². The number of hydrogen-bond donors (Lipinski definition) is 2. The third-order valence-corrected chi connectivity index (χ3v) is 3.51. The fraction of sp³-hybridized carbons (Fsp3) is 0.222. The van der Waals surface area contributed by atoms with E-state index >= 15 is 0 Å². The summed E-state index contributed by atoms with van der Waals surface area (Å²) in [4.78, 5) is 24.6. The molecule has 0 saturated heterocycles. The molecule has 0 atom stereocenters. The second-order valence-corrected chi connectivity index (χ2v) is 5.76. The minimum atomic E-state index is -1.28. The van der Waals surface area contributed by atoms with Crippen molar-refractivity contribution in [3.8, 4) is 0 Å². The van der Waals surface area contributed by atoms with Crippen LogP contribution >= 0.6 is 0 Å². The Labute approximate surface area is 134 Å². The number of nitrogens with one attached hydrogen (secondary N) is 2. The summed E-state index contributed by atoms with van der Waals surface area (Å²) < 4.78 is 13.2. The Morgan fingerprint density at radius 2 is 1.70 bits per heavy atom. The average molecular weight is 314 g/mol. The molecule has 0 bridgehead atoms. The number of rotatable bonds is 5. The molecule has 120 valence electrons. The van der Waals surface area contributed by atoms with Gasteiger partial charge >= 0.3 is 0 Å². The van der Waals surface area contributed by atoms with E-state index in [-0.39, 0.29) is 0 Å². The number of benzene rings is 2. The Hall–Kier alpha value is -2.69. The van der Waals surface area contributed by atoms with E-state index < -0.39 is 23.0 Å². The lowest BCUT2D eigenvalue weighted by Gasteiger charge is -2.22. The van der Waals surface area contributed by atoms with Gasteiger partial charge in [0.15, 0.2) is 0 Å². The fourth-order valence-corrected chi connectivity index (χ4v) is 1.96. The van der Waals surface area contributed by atoms with E-state index in [4.69, 9.17) is 0 Å². The van der Waals surface area contributed by atoms with Crippen LogP contribution in [-0.4, -0.2) is 11.8 Å². The van der Waals surface area contributed by atoms with Crippen molar-refractivity contribution in [1.29, 1.82) is 0 Å². The molecule has 0 radical (unpaired) electrons. The largest absolute Gasteiger partial charge is 0.351 e. The topological polar surface area (TPSA) is 58.2 Å². The summed E-state index contributed by atoms with van der Waals surface area (Å²) in [5, 5.41) is 5.31. The Kier molecular flexibility index (Phi) is 5.11. The molecular weight excluding hydrogens is 295 g/mol. The number of carbonyl (C=O) groups is 2. The van der Waals surface area contributed by atoms with Crippen LogP contribution < -0.4 is 10.6 Å². The zero-order valence-corrected chi connectivity index (χ0v) is 13.1. The summed E-state index contributed by atoms with van der Waals surface area (Å²) in [5.74, 6) is -1.34. The first kappa shape index (κ1) is 16.7. The van der Waals surface area contributed by atoms with Crippen molar-refractivity contribution in [2.24, 2.45) is 5.41 Å². The van der Waals surface area contributed by atoms with Crippen LogP contribution in [0.2, 0.25) is 0 Å². The fourth-order valence-electron chi connectivity index (χ4n) is 1.96. The molecule has 0 heterocycles. The Morgan fingerprint density at radius 1 is 1.00 bits per heavy atom. The molecule has 2 aromatic carbocycles. The van der Waals surface area contributed by atoms with Crippen LogP contribution in [0, 0.1) is 11.2 Å². The molecular formula is C18H19FN2O2. The highest BCUT2D eigenvalue weighted by molar-refractivity contribution is 6.09. The van der Waals surface area contributed by atoms with E-state index in [9.17, 15) is 14.0 Å². The van der Waals surface area contributed by atoms with Crippen molar-refractivity contribution < 1.29 is 14.0 Å². The molecule has 2 rings (SSSR count). The lowest BCUT2D eigenvalue weighted by Crippen LogP contribution is -2.44. The van der Waals surface area contributed by atoms with Crippen molar-refractivity contribution in [2.75, 3.05) is 5.32 Å². The SMILES string of the molecule is CC(C)(C(=O)NCc1ccccc1)C(=O)Nc1cccc(F)c1. The zero-order valence-electron chi connectivity index (χ0n) is 13.1. The molecule has 2 aromatic rings.